The van der Waals surface area contributed by atoms with Crippen LogP contribution in [0.5, 0.6) is 0 Å². The number of hydrogen-bond donors (Lipinski definition) is 1. The molecular formula is C15H19ClN4O. The number of aliphatic imine (C=N–C) groups is 1. The fourth-order valence-electron chi connectivity index (χ4n) is 1.91. The number of nitrogens with one attached hydrogen (secondary N) is 1. The van der Waals surface area contributed by atoms with Gasteiger partial charge in [-0.15, -0.1) is 11.6 Å². The number of benzene rings is 1. The Morgan fingerprint density at radius 1 is 1.43 bits per heavy atom. The van der Waals surface area contributed by atoms with Crippen LogP contribution in [-0.4, -0.2) is 42.9 Å². The summed E-state index contributed by atoms with van der Waals surface area (Å²) in [5.41, 5.74) is 5.55. The molecule has 0 saturated carbocycles. The normalized spacial score (nSPS) is 12.3. The third-order valence-electron chi connectivity index (χ3n) is 2.81. The van der Waals surface area contributed by atoms with E-state index in [1.165, 1.54) is 0 Å². The molecule has 0 radical (unpaired) electrons. The molecule has 1 N–H and O–H groups in total. The van der Waals surface area contributed by atoms with Crippen molar-refractivity contribution in [2.75, 3.05) is 27.1 Å². The number of allylic oxidation sites excluding steroid dienone is 1. The highest BCUT2D eigenvalue weighted by molar-refractivity contribution is 6.19. The summed E-state index contributed by atoms with van der Waals surface area (Å²) in [4.78, 5) is 11.2. The molecule has 0 aliphatic carbocycles. The predicted molar refractivity (Wildman–Crippen MR) is 88.9 cm³/mol. The van der Waals surface area contributed by atoms with Gasteiger partial charge in [-0.05, 0) is 24.3 Å². The van der Waals surface area contributed by atoms with Crippen LogP contribution >= 0.6 is 11.6 Å². The van der Waals surface area contributed by atoms with Crippen LogP contribution in [0.2, 0.25) is 0 Å². The van der Waals surface area contributed by atoms with Gasteiger partial charge in [-0.3, -0.25) is 10.3 Å². The Labute approximate surface area is 129 Å². The average Bonchev–Trinajstić information content (AvgIpc) is 2.87. The topological polar surface area (TPSA) is 41.8 Å². The van der Waals surface area contributed by atoms with Crippen molar-refractivity contribution >= 4 is 40.7 Å². The molecule has 0 amide bonds. The Kier molecular flexibility index (Phi) is 5.25. The van der Waals surface area contributed by atoms with Crippen LogP contribution < -0.4 is 5.48 Å². The van der Waals surface area contributed by atoms with E-state index in [0.29, 0.717) is 5.88 Å². The molecule has 2 aromatic rings. The van der Waals surface area contributed by atoms with Gasteiger partial charge in [0.05, 0.1) is 36.2 Å². The fraction of sp³-hybridized carbons (Fsp3) is 0.267. The highest BCUT2D eigenvalue weighted by Crippen LogP contribution is 2.22. The number of rotatable bonds is 6. The first-order chi connectivity index (χ1) is 10.1. The van der Waals surface area contributed by atoms with Crippen LogP contribution in [-0.2, 0) is 4.84 Å². The standard InChI is InChI=1S/C15H19ClN4O/c1-19(2)11-17-13-4-5-15-12(8-13)6-7-20(15)10-14(9-16)18-21-3/h4-8,10-11,18H,9H2,1-3H3. The van der Waals surface area contributed by atoms with Crippen molar-refractivity contribution in [2.24, 2.45) is 4.99 Å². The first-order valence-electron chi connectivity index (χ1n) is 6.51. The smallest absolute Gasteiger partial charge is 0.0907 e. The van der Waals surface area contributed by atoms with Gasteiger partial charge in [0.1, 0.15) is 0 Å². The van der Waals surface area contributed by atoms with Crippen molar-refractivity contribution in [3.63, 3.8) is 0 Å². The molecule has 2 rings (SSSR count). The fourth-order valence-corrected chi connectivity index (χ4v) is 2.04. The van der Waals surface area contributed by atoms with Crippen molar-refractivity contribution in [3.8, 4) is 0 Å². The van der Waals surface area contributed by atoms with Gasteiger partial charge in [-0.25, -0.2) is 4.99 Å². The lowest BCUT2D eigenvalue weighted by Gasteiger charge is -2.06. The molecular weight excluding hydrogens is 288 g/mol. The average molecular weight is 307 g/mol. The van der Waals surface area contributed by atoms with E-state index in [1.54, 1.807) is 13.4 Å². The Balaban J connectivity index is 2.33. The van der Waals surface area contributed by atoms with Gasteiger partial charge in [0.2, 0.25) is 0 Å². The van der Waals surface area contributed by atoms with E-state index >= 15 is 0 Å². The number of aromatic nitrogens is 1. The van der Waals surface area contributed by atoms with E-state index in [9.17, 15) is 0 Å². The number of nitrogens with zero attached hydrogens (tertiary/aromatic N) is 3. The molecule has 0 saturated heterocycles. The van der Waals surface area contributed by atoms with Gasteiger partial charge >= 0.3 is 0 Å². The first-order valence-corrected chi connectivity index (χ1v) is 7.04. The van der Waals surface area contributed by atoms with E-state index < -0.39 is 0 Å². The SMILES string of the molecule is CONC(=Cn1ccc2cc(N=CN(C)C)ccc21)CCl. The zero-order chi connectivity index (χ0) is 15.2. The Hall–Kier alpha value is -1.98. The third kappa shape index (κ3) is 4.00. The second-order valence-electron chi connectivity index (χ2n) is 4.77. The van der Waals surface area contributed by atoms with E-state index in [2.05, 4.69) is 10.5 Å². The summed E-state index contributed by atoms with van der Waals surface area (Å²) in [7, 11) is 5.45. The number of halogens is 1. The maximum atomic E-state index is 5.86. The lowest BCUT2D eigenvalue weighted by Crippen LogP contribution is -2.12. The minimum absolute atomic E-state index is 0.346. The molecule has 0 aliphatic rings. The zero-order valence-electron chi connectivity index (χ0n) is 12.4. The van der Waals surface area contributed by atoms with Crippen LogP contribution in [0.15, 0.2) is 41.2 Å². The van der Waals surface area contributed by atoms with E-state index in [4.69, 9.17) is 16.4 Å². The molecule has 0 bridgehead atoms. The molecule has 0 fully saturated rings. The highest BCUT2D eigenvalue weighted by atomic mass is 35.5. The second-order valence-corrected chi connectivity index (χ2v) is 5.04. The van der Waals surface area contributed by atoms with Gasteiger partial charge in [0.25, 0.3) is 0 Å². The van der Waals surface area contributed by atoms with Gasteiger partial charge < -0.3 is 9.47 Å². The van der Waals surface area contributed by atoms with Crippen LogP contribution in [0.25, 0.3) is 17.1 Å². The largest absolute Gasteiger partial charge is 0.369 e. The second kappa shape index (κ2) is 7.15. The molecule has 1 heterocycles. The molecule has 0 spiro atoms. The maximum Gasteiger partial charge on any atom is 0.0907 e. The summed E-state index contributed by atoms with van der Waals surface area (Å²) in [6, 6.07) is 8.10. The quantitative estimate of drug-likeness (QED) is 0.386. The minimum atomic E-state index is 0.346. The van der Waals surface area contributed by atoms with Crippen LogP contribution in [0.3, 0.4) is 0 Å². The summed E-state index contributed by atoms with van der Waals surface area (Å²) in [6.07, 6.45) is 5.67. The van der Waals surface area contributed by atoms with Crippen LogP contribution in [0.4, 0.5) is 5.69 Å². The van der Waals surface area contributed by atoms with Crippen molar-refractivity contribution in [1.29, 1.82) is 0 Å². The maximum absolute atomic E-state index is 5.86. The monoisotopic (exact) mass is 306 g/mol. The van der Waals surface area contributed by atoms with Crippen LogP contribution in [0.1, 0.15) is 0 Å². The number of alkyl halides is 1. The van der Waals surface area contributed by atoms with Gasteiger partial charge in [0, 0.05) is 31.9 Å². The third-order valence-corrected chi connectivity index (χ3v) is 3.10. The molecule has 5 nitrogen and oxygen atoms in total. The van der Waals surface area contributed by atoms with Gasteiger partial charge in [-0.1, -0.05) is 0 Å². The minimum Gasteiger partial charge on any atom is -0.369 e. The lowest BCUT2D eigenvalue weighted by molar-refractivity contribution is 0.119. The number of fused-ring (bicyclic) bond motifs is 1. The summed E-state index contributed by atoms with van der Waals surface area (Å²) < 4.78 is 2.00. The number of hydrogen-bond acceptors (Lipinski definition) is 3. The van der Waals surface area contributed by atoms with Gasteiger partial charge in [-0.2, -0.15) is 0 Å². The van der Waals surface area contributed by atoms with E-state index in [0.717, 1.165) is 22.3 Å². The number of hydroxylamine groups is 1. The Bertz CT molecular complexity index is 661. The van der Waals surface area contributed by atoms with Crippen molar-refractivity contribution < 1.29 is 4.84 Å². The lowest BCUT2D eigenvalue weighted by atomic mass is 10.2. The highest BCUT2D eigenvalue weighted by Gasteiger charge is 2.02. The van der Waals surface area contributed by atoms with E-state index in [1.807, 2.05) is 60.2 Å². The Morgan fingerprint density at radius 2 is 2.24 bits per heavy atom. The summed E-state index contributed by atoms with van der Waals surface area (Å²) in [6.45, 7) is 0. The van der Waals surface area contributed by atoms with E-state index in [-0.39, 0.29) is 0 Å². The van der Waals surface area contributed by atoms with Crippen LogP contribution in [0, 0.1) is 0 Å². The predicted octanol–water partition coefficient (Wildman–Crippen LogP) is 3.05. The molecule has 112 valence electrons. The first kappa shape index (κ1) is 15.4. The zero-order valence-corrected chi connectivity index (χ0v) is 13.1. The molecule has 1 aromatic carbocycles. The Morgan fingerprint density at radius 3 is 2.90 bits per heavy atom. The molecule has 0 atom stereocenters. The molecule has 6 heteroatoms. The van der Waals surface area contributed by atoms with Crippen molar-refractivity contribution in [3.05, 3.63) is 36.2 Å². The summed E-state index contributed by atoms with van der Waals surface area (Å²) in [5.74, 6) is 0.346. The molecule has 1 aromatic heterocycles. The van der Waals surface area contributed by atoms with Gasteiger partial charge in [0.15, 0.2) is 0 Å². The van der Waals surface area contributed by atoms with Crippen molar-refractivity contribution in [1.82, 2.24) is 14.9 Å². The summed E-state index contributed by atoms with van der Waals surface area (Å²) >= 11 is 5.86. The summed E-state index contributed by atoms with van der Waals surface area (Å²) in [5, 5.41) is 1.12. The van der Waals surface area contributed by atoms with Crippen molar-refractivity contribution in [2.45, 2.75) is 0 Å². The molecule has 0 unspecified atom stereocenters. The molecule has 0 aliphatic heterocycles. The molecule has 21 heavy (non-hydrogen) atoms.